The molecule has 2 rings (SSSR count). The van der Waals surface area contributed by atoms with E-state index in [1.54, 1.807) is 0 Å². The maximum atomic E-state index is 12.4. The number of Topliss-reactive ketones (excluding diaryl/α,β-unsaturated/α-hetero) is 1. The minimum absolute atomic E-state index is 0.0962. The van der Waals surface area contributed by atoms with Crippen LogP contribution in [0, 0.1) is 0 Å². The van der Waals surface area contributed by atoms with E-state index in [4.69, 9.17) is 4.74 Å². The molecule has 17 heavy (non-hydrogen) atoms. The first-order chi connectivity index (χ1) is 8.18. The number of hydrogen-bond donors (Lipinski definition) is 0. The van der Waals surface area contributed by atoms with E-state index in [2.05, 4.69) is 4.90 Å². The van der Waals surface area contributed by atoms with Crippen LogP contribution in [0.5, 0.6) is 0 Å². The largest absolute Gasteiger partial charge is 0.383 e. The van der Waals surface area contributed by atoms with Gasteiger partial charge in [-0.3, -0.25) is 9.69 Å². The minimum atomic E-state index is 0.0962. The summed E-state index contributed by atoms with van der Waals surface area (Å²) in [6.07, 6.45) is 5.03. The Kier molecular flexibility index (Phi) is 4.18. The fourth-order valence-corrected chi connectivity index (χ4v) is 2.63. The van der Waals surface area contributed by atoms with Crippen molar-refractivity contribution in [3.8, 4) is 0 Å². The zero-order valence-electron chi connectivity index (χ0n) is 10.8. The van der Waals surface area contributed by atoms with Crippen LogP contribution in [0.3, 0.4) is 0 Å². The lowest BCUT2D eigenvalue weighted by Gasteiger charge is -2.36. The third-order valence-corrected chi connectivity index (χ3v) is 3.44. The molecular formula is C13H22N2O2. The first-order valence-corrected chi connectivity index (χ1v) is 6.41. The Hall–Kier alpha value is -0.870. The van der Waals surface area contributed by atoms with Gasteiger partial charge in [0, 0.05) is 39.0 Å². The van der Waals surface area contributed by atoms with Gasteiger partial charge < -0.3 is 9.64 Å². The second kappa shape index (κ2) is 5.65. The van der Waals surface area contributed by atoms with Crippen molar-refractivity contribution in [2.45, 2.75) is 25.3 Å². The van der Waals surface area contributed by atoms with Gasteiger partial charge in [-0.25, -0.2) is 0 Å². The summed E-state index contributed by atoms with van der Waals surface area (Å²) in [6.45, 7) is 3.31. The molecule has 1 aliphatic carbocycles. The lowest BCUT2D eigenvalue weighted by atomic mass is 9.88. The molecule has 0 N–H and O–H groups in total. The van der Waals surface area contributed by atoms with Crippen LogP contribution in [0.15, 0.2) is 11.8 Å². The molecular weight excluding hydrogens is 216 g/mol. The van der Waals surface area contributed by atoms with Gasteiger partial charge in [-0.15, -0.1) is 0 Å². The number of ketones is 1. The lowest BCUT2D eigenvalue weighted by molar-refractivity contribution is -0.124. The van der Waals surface area contributed by atoms with Crippen LogP contribution in [0.25, 0.3) is 0 Å². The van der Waals surface area contributed by atoms with Gasteiger partial charge >= 0.3 is 0 Å². The smallest absolute Gasteiger partial charge is 0.177 e. The SMILES string of the molecule is CN(C)C=C1CCCC(N2CCOCC2)C1=O. The molecule has 96 valence electrons. The Bertz CT molecular complexity index is 307. The lowest BCUT2D eigenvalue weighted by Crippen LogP contribution is -2.49. The van der Waals surface area contributed by atoms with Crippen molar-refractivity contribution in [3.63, 3.8) is 0 Å². The molecule has 0 radical (unpaired) electrons. The van der Waals surface area contributed by atoms with Crippen LogP contribution >= 0.6 is 0 Å². The topological polar surface area (TPSA) is 32.8 Å². The Labute approximate surface area is 103 Å². The number of carbonyl (C=O) groups is 1. The van der Waals surface area contributed by atoms with E-state index in [0.29, 0.717) is 5.78 Å². The van der Waals surface area contributed by atoms with Gasteiger partial charge in [0.25, 0.3) is 0 Å². The van der Waals surface area contributed by atoms with Gasteiger partial charge in [-0.1, -0.05) is 0 Å². The number of rotatable bonds is 2. The number of hydrogen-bond acceptors (Lipinski definition) is 4. The Morgan fingerprint density at radius 3 is 2.71 bits per heavy atom. The van der Waals surface area contributed by atoms with Crippen molar-refractivity contribution in [1.82, 2.24) is 9.80 Å². The van der Waals surface area contributed by atoms with Crippen LogP contribution in [0.4, 0.5) is 0 Å². The van der Waals surface area contributed by atoms with Crippen molar-refractivity contribution in [1.29, 1.82) is 0 Å². The monoisotopic (exact) mass is 238 g/mol. The minimum Gasteiger partial charge on any atom is -0.383 e. The van der Waals surface area contributed by atoms with Crippen molar-refractivity contribution in [2.75, 3.05) is 40.4 Å². The van der Waals surface area contributed by atoms with E-state index in [1.807, 2.05) is 25.2 Å². The summed E-state index contributed by atoms with van der Waals surface area (Å²) in [5.74, 6) is 0.326. The molecule has 0 bridgehead atoms. The molecule has 2 fully saturated rings. The van der Waals surface area contributed by atoms with E-state index in [9.17, 15) is 4.79 Å². The highest BCUT2D eigenvalue weighted by Crippen LogP contribution is 2.24. The zero-order valence-corrected chi connectivity index (χ0v) is 10.8. The molecule has 1 saturated carbocycles. The number of ether oxygens (including phenoxy) is 1. The average molecular weight is 238 g/mol. The third-order valence-electron chi connectivity index (χ3n) is 3.44. The van der Waals surface area contributed by atoms with Gasteiger partial charge in [0.1, 0.15) is 0 Å². The highest BCUT2D eigenvalue weighted by Gasteiger charge is 2.32. The molecule has 4 heteroatoms. The van der Waals surface area contributed by atoms with Crippen LogP contribution in [0.1, 0.15) is 19.3 Å². The number of morpholine rings is 1. The molecule has 0 spiro atoms. The maximum Gasteiger partial charge on any atom is 0.177 e. The van der Waals surface area contributed by atoms with Crippen LogP contribution in [-0.4, -0.2) is 62.0 Å². The van der Waals surface area contributed by atoms with E-state index in [-0.39, 0.29) is 6.04 Å². The Morgan fingerprint density at radius 2 is 2.06 bits per heavy atom. The van der Waals surface area contributed by atoms with Crippen molar-refractivity contribution in [3.05, 3.63) is 11.8 Å². The molecule has 0 amide bonds. The molecule has 0 aromatic carbocycles. The van der Waals surface area contributed by atoms with Gasteiger partial charge in [-0.2, -0.15) is 0 Å². The van der Waals surface area contributed by atoms with Crippen LogP contribution in [0.2, 0.25) is 0 Å². The molecule has 1 atom stereocenters. The molecule has 4 nitrogen and oxygen atoms in total. The zero-order chi connectivity index (χ0) is 12.3. The van der Waals surface area contributed by atoms with Crippen molar-refractivity contribution in [2.24, 2.45) is 0 Å². The first-order valence-electron chi connectivity index (χ1n) is 6.41. The fourth-order valence-electron chi connectivity index (χ4n) is 2.63. The first kappa shape index (κ1) is 12.6. The second-order valence-corrected chi connectivity index (χ2v) is 5.04. The molecule has 1 saturated heterocycles. The Balaban J connectivity index is 2.05. The van der Waals surface area contributed by atoms with Crippen LogP contribution in [-0.2, 0) is 9.53 Å². The predicted octanol–water partition coefficient (Wildman–Crippen LogP) is 0.886. The van der Waals surface area contributed by atoms with E-state index in [0.717, 1.165) is 51.1 Å². The van der Waals surface area contributed by atoms with Gasteiger partial charge in [0.05, 0.1) is 19.3 Å². The summed E-state index contributed by atoms with van der Waals surface area (Å²) < 4.78 is 5.34. The van der Waals surface area contributed by atoms with Gasteiger partial charge in [0.15, 0.2) is 5.78 Å². The quantitative estimate of drug-likeness (QED) is 0.669. The fraction of sp³-hybridized carbons (Fsp3) is 0.769. The summed E-state index contributed by atoms with van der Waals surface area (Å²) in [4.78, 5) is 16.6. The van der Waals surface area contributed by atoms with Gasteiger partial charge in [-0.05, 0) is 19.3 Å². The summed E-state index contributed by atoms with van der Waals surface area (Å²) >= 11 is 0. The molecule has 1 unspecified atom stereocenters. The standard InChI is InChI=1S/C13H22N2O2/c1-14(2)10-11-4-3-5-12(13(11)16)15-6-8-17-9-7-15/h10,12H,3-9H2,1-2H3. The van der Waals surface area contributed by atoms with Crippen LogP contribution < -0.4 is 0 Å². The third kappa shape index (κ3) is 3.07. The highest BCUT2D eigenvalue weighted by atomic mass is 16.5. The summed E-state index contributed by atoms with van der Waals surface area (Å²) in [7, 11) is 3.94. The highest BCUT2D eigenvalue weighted by molar-refractivity contribution is 6.00. The second-order valence-electron chi connectivity index (χ2n) is 5.04. The van der Waals surface area contributed by atoms with Crippen molar-refractivity contribution >= 4 is 5.78 Å². The number of nitrogens with zero attached hydrogens (tertiary/aromatic N) is 2. The predicted molar refractivity (Wildman–Crippen MR) is 66.8 cm³/mol. The van der Waals surface area contributed by atoms with E-state index in [1.165, 1.54) is 0 Å². The molecule has 0 aromatic heterocycles. The summed E-state index contributed by atoms with van der Waals surface area (Å²) in [6, 6.07) is 0.0962. The molecule has 1 aliphatic heterocycles. The maximum absolute atomic E-state index is 12.4. The van der Waals surface area contributed by atoms with E-state index >= 15 is 0 Å². The average Bonchev–Trinajstić information content (AvgIpc) is 2.32. The van der Waals surface area contributed by atoms with E-state index < -0.39 is 0 Å². The van der Waals surface area contributed by atoms with Crippen molar-refractivity contribution < 1.29 is 9.53 Å². The summed E-state index contributed by atoms with van der Waals surface area (Å²) in [5, 5.41) is 0. The molecule has 1 heterocycles. The molecule has 0 aromatic rings. The van der Waals surface area contributed by atoms with Gasteiger partial charge in [0.2, 0.25) is 0 Å². The Morgan fingerprint density at radius 1 is 1.35 bits per heavy atom. The normalized spacial score (nSPS) is 29.6. The number of carbonyl (C=O) groups excluding carboxylic acids is 1. The summed E-state index contributed by atoms with van der Waals surface area (Å²) in [5.41, 5.74) is 0.984. The molecule has 2 aliphatic rings.